The number of ether oxygens (including phenoxy) is 1. The van der Waals surface area contributed by atoms with Crippen molar-refractivity contribution < 1.29 is 4.74 Å². The van der Waals surface area contributed by atoms with Gasteiger partial charge in [-0.25, -0.2) is 0 Å². The molecular formula is C13H24Cl2N2O. The largest absolute Gasteiger partial charge is 0.494 e. The van der Waals surface area contributed by atoms with E-state index in [1.807, 2.05) is 26.1 Å². The normalized spacial score (nSPS) is 9.22. The number of hydrogen-bond donors (Lipinski definition) is 2. The molecule has 0 aliphatic carbocycles. The van der Waals surface area contributed by atoms with Crippen LogP contribution in [0.25, 0.3) is 0 Å². The van der Waals surface area contributed by atoms with Gasteiger partial charge < -0.3 is 15.4 Å². The molecule has 106 valence electrons. The minimum Gasteiger partial charge on any atom is -0.494 e. The molecule has 1 rings (SSSR count). The van der Waals surface area contributed by atoms with Gasteiger partial charge in [0, 0.05) is 6.54 Å². The van der Waals surface area contributed by atoms with Crippen molar-refractivity contribution in [2.45, 2.75) is 19.9 Å². The van der Waals surface area contributed by atoms with Crippen LogP contribution in [0.2, 0.25) is 0 Å². The number of nitrogens with one attached hydrogen (secondary N) is 2. The molecule has 1 aromatic carbocycles. The Balaban J connectivity index is 0. The molecule has 0 saturated carbocycles. The topological polar surface area (TPSA) is 33.3 Å². The summed E-state index contributed by atoms with van der Waals surface area (Å²) in [6.45, 7) is 5.76. The third kappa shape index (κ3) is 8.59. The lowest BCUT2D eigenvalue weighted by atomic mass is 10.2. The van der Waals surface area contributed by atoms with Gasteiger partial charge in [0.25, 0.3) is 0 Å². The minimum atomic E-state index is 0. The third-order valence-corrected chi connectivity index (χ3v) is 2.34. The first-order valence-electron chi connectivity index (χ1n) is 5.94. The number of benzene rings is 1. The van der Waals surface area contributed by atoms with Gasteiger partial charge in [-0.3, -0.25) is 0 Å². The van der Waals surface area contributed by atoms with Gasteiger partial charge in [-0.1, -0.05) is 12.1 Å². The Hall–Kier alpha value is -0.480. The zero-order chi connectivity index (χ0) is 11.6. The van der Waals surface area contributed by atoms with Crippen LogP contribution in [0.1, 0.15) is 18.9 Å². The van der Waals surface area contributed by atoms with Crippen LogP contribution < -0.4 is 15.4 Å². The summed E-state index contributed by atoms with van der Waals surface area (Å²) in [4.78, 5) is 0. The molecule has 0 fully saturated rings. The maximum Gasteiger partial charge on any atom is 0.119 e. The summed E-state index contributed by atoms with van der Waals surface area (Å²) < 4.78 is 5.39. The van der Waals surface area contributed by atoms with E-state index in [1.165, 1.54) is 5.56 Å². The summed E-state index contributed by atoms with van der Waals surface area (Å²) in [6.07, 6.45) is 1.16. The molecule has 0 aliphatic heterocycles. The molecule has 0 heterocycles. The van der Waals surface area contributed by atoms with Gasteiger partial charge in [0.05, 0.1) is 6.61 Å². The summed E-state index contributed by atoms with van der Waals surface area (Å²) in [5.41, 5.74) is 1.30. The van der Waals surface area contributed by atoms with E-state index in [9.17, 15) is 0 Å². The Kier molecular flexibility index (Phi) is 14.3. The van der Waals surface area contributed by atoms with E-state index in [2.05, 4.69) is 22.8 Å². The highest BCUT2D eigenvalue weighted by molar-refractivity contribution is 5.85. The molecule has 0 aromatic heterocycles. The van der Waals surface area contributed by atoms with Crippen molar-refractivity contribution in [3.8, 4) is 5.75 Å². The molecule has 5 heteroatoms. The van der Waals surface area contributed by atoms with E-state index in [4.69, 9.17) is 4.74 Å². The van der Waals surface area contributed by atoms with E-state index in [-0.39, 0.29) is 24.8 Å². The summed E-state index contributed by atoms with van der Waals surface area (Å²) >= 11 is 0. The lowest BCUT2D eigenvalue weighted by Gasteiger charge is -2.06. The maximum atomic E-state index is 5.39. The zero-order valence-electron chi connectivity index (χ0n) is 11.1. The molecule has 18 heavy (non-hydrogen) atoms. The fraction of sp³-hybridized carbons (Fsp3) is 0.538. The van der Waals surface area contributed by atoms with Crippen LogP contribution in [0.4, 0.5) is 0 Å². The maximum absolute atomic E-state index is 5.39. The van der Waals surface area contributed by atoms with Gasteiger partial charge >= 0.3 is 0 Å². The molecular weight excluding hydrogens is 271 g/mol. The van der Waals surface area contributed by atoms with Crippen molar-refractivity contribution in [1.82, 2.24) is 10.6 Å². The molecule has 0 amide bonds. The van der Waals surface area contributed by atoms with E-state index in [0.717, 1.165) is 38.4 Å². The molecule has 0 radical (unpaired) electrons. The van der Waals surface area contributed by atoms with Crippen LogP contribution in [0.15, 0.2) is 24.3 Å². The Morgan fingerprint density at radius 2 is 1.72 bits per heavy atom. The predicted octanol–water partition coefficient (Wildman–Crippen LogP) is 2.63. The second-order valence-corrected chi connectivity index (χ2v) is 3.71. The highest BCUT2D eigenvalue weighted by Crippen LogP contribution is 2.11. The molecule has 0 atom stereocenters. The molecule has 1 aromatic rings. The number of rotatable bonds is 8. The van der Waals surface area contributed by atoms with Gasteiger partial charge in [0.15, 0.2) is 0 Å². The van der Waals surface area contributed by atoms with Crippen molar-refractivity contribution >= 4 is 24.8 Å². The van der Waals surface area contributed by atoms with Crippen molar-refractivity contribution in [1.29, 1.82) is 0 Å². The first-order chi connectivity index (χ1) is 7.86. The average Bonchev–Trinajstić information content (AvgIpc) is 2.31. The molecule has 0 unspecified atom stereocenters. The smallest absolute Gasteiger partial charge is 0.119 e. The number of halogens is 2. The quantitative estimate of drug-likeness (QED) is 0.723. The fourth-order valence-electron chi connectivity index (χ4n) is 1.49. The molecule has 0 bridgehead atoms. The molecule has 0 saturated heterocycles. The zero-order valence-corrected chi connectivity index (χ0v) is 12.7. The average molecular weight is 295 g/mol. The fourth-order valence-corrected chi connectivity index (χ4v) is 1.49. The first kappa shape index (κ1) is 19.9. The lowest BCUT2D eigenvalue weighted by molar-refractivity contribution is 0.340. The van der Waals surface area contributed by atoms with E-state index in [1.54, 1.807) is 0 Å². The van der Waals surface area contributed by atoms with Gasteiger partial charge in [-0.05, 0) is 51.2 Å². The minimum absolute atomic E-state index is 0. The molecule has 0 spiro atoms. The second kappa shape index (κ2) is 13.0. The molecule has 3 nitrogen and oxygen atoms in total. The predicted molar refractivity (Wildman–Crippen MR) is 82.4 cm³/mol. The van der Waals surface area contributed by atoms with Gasteiger partial charge in [-0.2, -0.15) is 0 Å². The summed E-state index contributed by atoms with van der Waals surface area (Å²) in [5, 5.41) is 6.54. The van der Waals surface area contributed by atoms with Crippen molar-refractivity contribution in [3.63, 3.8) is 0 Å². The second-order valence-electron chi connectivity index (χ2n) is 3.71. The van der Waals surface area contributed by atoms with Crippen LogP contribution in [0.5, 0.6) is 5.75 Å². The van der Waals surface area contributed by atoms with E-state index < -0.39 is 0 Å². The van der Waals surface area contributed by atoms with Crippen LogP contribution in [-0.2, 0) is 6.54 Å². The standard InChI is InChI=1S/C13H22N2O.2ClH/c1-3-16-13-7-5-12(6-8-13)11-15-10-4-9-14-2;;/h5-8,14-15H,3-4,9-11H2,1-2H3;2*1H. The first-order valence-corrected chi connectivity index (χ1v) is 5.94. The summed E-state index contributed by atoms with van der Waals surface area (Å²) in [5.74, 6) is 0.946. The van der Waals surface area contributed by atoms with Crippen LogP contribution >= 0.6 is 24.8 Å². The van der Waals surface area contributed by atoms with Gasteiger partial charge in [0.1, 0.15) is 5.75 Å². The Morgan fingerprint density at radius 3 is 2.28 bits per heavy atom. The Morgan fingerprint density at radius 1 is 1.06 bits per heavy atom. The monoisotopic (exact) mass is 294 g/mol. The van der Waals surface area contributed by atoms with Crippen molar-refractivity contribution in [3.05, 3.63) is 29.8 Å². The lowest BCUT2D eigenvalue weighted by Crippen LogP contribution is -2.19. The van der Waals surface area contributed by atoms with Crippen LogP contribution in [0, 0.1) is 0 Å². The van der Waals surface area contributed by atoms with Crippen LogP contribution in [-0.4, -0.2) is 26.7 Å². The number of hydrogen-bond acceptors (Lipinski definition) is 3. The van der Waals surface area contributed by atoms with Gasteiger partial charge in [0.2, 0.25) is 0 Å². The van der Waals surface area contributed by atoms with E-state index in [0.29, 0.717) is 0 Å². The van der Waals surface area contributed by atoms with E-state index >= 15 is 0 Å². The Bertz CT molecular complexity index is 281. The Labute approximate surface area is 123 Å². The summed E-state index contributed by atoms with van der Waals surface area (Å²) in [7, 11) is 1.98. The van der Waals surface area contributed by atoms with Crippen molar-refractivity contribution in [2.75, 3.05) is 26.7 Å². The van der Waals surface area contributed by atoms with Crippen LogP contribution in [0.3, 0.4) is 0 Å². The van der Waals surface area contributed by atoms with Crippen molar-refractivity contribution in [2.24, 2.45) is 0 Å². The highest BCUT2D eigenvalue weighted by atomic mass is 35.5. The molecule has 2 N–H and O–H groups in total. The molecule has 0 aliphatic rings. The summed E-state index contributed by atoms with van der Waals surface area (Å²) in [6, 6.07) is 8.26. The third-order valence-electron chi connectivity index (χ3n) is 2.34. The van der Waals surface area contributed by atoms with Gasteiger partial charge in [-0.15, -0.1) is 24.8 Å². The highest BCUT2D eigenvalue weighted by Gasteiger charge is 1.94. The SMILES string of the molecule is CCOc1ccc(CNCCCNC)cc1.Cl.Cl.